The van der Waals surface area contributed by atoms with Gasteiger partial charge in [0.15, 0.2) is 5.69 Å². The summed E-state index contributed by atoms with van der Waals surface area (Å²) in [6.45, 7) is 9.19. The molecule has 1 saturated heterocycles. The molecule has 0 aliphatic carbocycles. The number of hydrogen-bond acceptors (Lipinski definition) is 8. The molecule has 2 heterocycles. The summed E-state index contributed by atoms with van der Waals surface area (Å²) >= 11 is 3.13. The molecule has 0 spiro atoms. The van der Waals surface area contributed by atoms with E-state index in [1.54, 1.807) is 0 Å². The van der Waals surface area contributed by atoms with E-state index in [9.17, 15) is 9.60 Å². The van der Waals surface area contributed by atoms with Gasteiger partial charge in [-0.1, -0.05) is 36.3 Å². The van der Waals surface area contributed by atoms with Crippen LogP contribution in [0.2, 0.25) is 0 Å². The van der Waals surface area contributed by atoms with Crippen molar-refractivity contribution in [3.05, 3.63) is 69.6 Å². The molecular formula is C23H27BrFN7O2. The standard InChI is InChI=1S/C23H27BrFN7O2/c1-2-31-9-11-32(12-10-31)15-17-5-3-16(4-6-17)14-26-22-21(29-34-30-22)23(28-33)27-18-7-8-20(25)19(24)13-18/h3-8,13,33H,2,9-12,14-15H2,1H3,(H,26,30)(H,27,28). The van der Waals surface area contributed by atoms with Crippen molar-refractivity contribution in [2.24, 2.45) is 5.16 Å². The molecule has 11 heteroatoms. The number of aromatic nitrogens is 2. The Kier molecular flexibility index (Phi) is 8.09. The van der Waals surface area contributed by atoms with Crippen LogP contribution >= 0.6 is 15.9 Å². The third-order valence-electron chi connectivity index (χ3n) is 5.80. The van der Waals surface area contributed by atoms with Crippen molar-refractivity contribution < 1.29 is 14.2 Å². The lowest BCUT2D eigenvalue weighted by molar-refractivity contribution is 0.132. The van der Waals surface area contributed by atoms with Gasteiger partial charge in [-0.25, -0.2) is 9.02 Å². The Morgan fingerprint density at radius 1 is 1.09 bits per heavy atom. The highest BCUT2D eigenvalue weighted by Crippen LogP contribution is 2.22. The van der Waals surface area contributed by atoms with Gasteiger partial charge in [0.25, 0.3) is 0 Å². The molecule has 1 fully saturated rings. The smallest absolute Gasteiger partial charge is 0.203 e. The summed E-state index contributed by atoms with van der Waals surface area (Å²) in [6, 6.07) is 12.7. The fraction of sp³-hybridized carbons (Fsp3) is 0.348. The highest BCUT2D eigenvalue weighted by atomic mass is 79.9. The minimum absolute atomic E-state index is 0.0146. The summed E-state index contributed by atoms with van der Waals surface area (Å²) in [7, 11) is 0. The van der Waals surface area contributed by atoms with E-state index in [-0.39, 0.29) is 16.0 Å². The van der Waals surface area contributed by atoms with Crippen molar-refractivity contribution in [1.29, 1.82) is 0 Å². The Hall–Kier alpha value is -3.02. The minimum Gasteiger partial charge on any atom is -0.409 e. The fourth-order valence-corrected chi connectivity index (χ4v) is 4.15. The molecule has 34 heavy (non-hydrogen) atoms. The number of piperazine rings is 1. The van der Waals surface area contributed by atoms with E-state index in [2.05, 4.69) is 83.0 Å². The first-order valence-corrected chi connectivity index (χ1v) is 11.9. The molecule has 9 nitrogen and oxygen atoms in total. The van der Waals surface area contributed by atoms with Crippen molar-refractivity contribution in [3.8, 4) is 0 Å². The molecule has 1 aliphatic rings. The largest absolute Gasteiger partial charge is 0.409 e. The number of rotatable bonds is 8. The van der Waals surface area contributed by atoms with E-state index in [1.807, 2.05) is 0 Å². The molecule has 1 aromatic heterocycles. The van der Waals surface area contributed by atoms with E-state index < -0.39 is 5.82 Å². The van der Waals surface area contributed by atoms with Crippen LogP contribution in [0.1, 0.15) is 23.7 Å². The van der Waals surface area contributed by atoms with Crippen molar-refractivity contribution in [2.75, 3.05) is 43.4 Å². The van der Waals surface area contributed by atoms with Crippen LogP contribution in [0.4, 0.5) is 15.9 Å². The SMILES string of the molecule is CCN1CCN(Cc2ccc(CNc3nonc3/C(=N/O)Nc3ccc(F)c(Br)c3)cc2)CC1. The van der Waals surface area contributed by atoms with Gasteiger partial charge in [-0.2, -0.15) is 0 Å². The van der Waals surface area contributed by atoms with E-state index in [0.717, 1.165) is 44.8 Å². The summed E-state index contributed by atoms with van der Waals surface area (Å²) in [5, 5.41) is 26.5. The fourth-order valence-electron chi connectivity index (χ4n) is 3.77. The number of benzene rings is 2. The molecule has 4 rings (SSSR count). The molecule has 0 radical (unpaired) electrons. The van der Waals surface area contributed by atoms with E-state index in [0.29, 0.717) is 18.1 Å². The number of likely N-dealkylation sites (N-methyl/N-ethyl adjacent to an activating group) is 1. The van der Waals surface area contributed by atoms with Gasteiger partial charge in [0.1, 0.15) is 5.82 Å². The van der Waals surface area contributed by atoms with Crippen molar-refractivity contribution in [2.45, 2.75) is 20.0 Å². The Balaban J connectivity index is 1.33. The first-order chi connectivity index (χ1) is 16.6. The Morgan fingerprint density at radius 3 is 2.47 bits per heavy atom. The number of oxime groups is 1. The van der Waals surface area contributed by atoms with Crippen LogP contribution in [0.3, 0.4) is 0 Å². The number of halogens is 2. The zero-order valence-electron chi connectivity index (χ0n) is 18.8. The molecular weight excluding hydrogens is 505 g/mol. The van der Waals surface area contributed by atoms with Gasteiger partial charge < -0.3 is 20.7 Å². The molecule has 0 saturated carbocycles. The van der Waals surface area contributed by atoms with Gasteiger partial charge in [-0.15, -0.1) is 0 Å². The highest BCUT2D eigenvalue weighted by Gasteiger charge is 2.18. The van der Waals surface area contributed by atoms with Gasteiger partial charge in [0.05, 0.1) is 4.47 Å². The van der Waals surface area contributed by atoms with Gasteiger partial charge in [0, 0.05) is 45.0 Å². The first kappa shape index (κ1) is 24.1. The van der Waals surface area contributed by atoms with E-state index >= 15 is 0 Å². The predicted octanol–water partition coefficient (Wildman–Crippen LogP) is 3.97. The van der Waals surface area contributed by atoms with Gasteiger partial charge >= 0.3 is 0 Å². The maximum absolute atomic E-state index is 13.5. The van der Waals surface area contributed by atoms with Crippen LogP contribution in [-0.2, 0) is 13.1 Å². The molecule has 180 valence electrons. The maximum atomic E-state index is 13.5. The van der Waals surface area contributed by atoms with Crippen LogP contribution in [0.15, 0.2) is 56.7 Å². The zero-order chi connectivity index (χ0) is 23.9. The summed E-state index contributed by atoms with van der Waals surface area (Å²) in [5.41, 5.74) is 3.04. The zero-order valence-corrected chi connectivity index (χ0v) is 20.4. The maximum Gasteiger partial charge on any atom is 0.203 e. The lowest BCUT2D eigenvalue weighted by atomic mass is 10.1. The van der Waals surface area contributed by atoms with Crippen LogP contribution < -0.4 is 10.6 Å². The summed E-state index contributed by atoms with van der Waals surface area (Å²) in [6.07, 6.45) is 0. The number of amidine groups is 1. The van der Waals surface area contributed by atoms with Crippen molar-refractivity contribution in [3.63, 3.8) is 0 Å². The number of nitrogens with zero attached hydrogens (tertiary/aromatic N) is 5. The quantitative estimate of drug-likeness (QED) is 0.174. The minimum atomic E-state index is -0.399. The second-order valence-corrected chi connectivity index (χ2v) is 8.90. The Labute approximate surface area is 205 Å². The average Bonchev–Trinajstić information content (AvgIpc) is 3.33. The molecule has 3 aromatic rings. The Bertz CT molecular complexity index is 1110. The third-order valence-corrected chi connectivity index (χ3v) is 6.40. The molecule has 0 unspecified atom stereocenters. The topological polar surface area (TPSA) is 102 Å². The predicted molar refractivity (Wildman–Crippen MR) is 132 cm³/mol. The van der Waals surface area contributed by atoms with E-state index in [4.69, 9.17) is 4.63 Å². The van der Waals surface area contributed by atoms with Gasteiger partial charge in [-0.3, -0.25) is 4.90 Å². The van der Waals surface area contributed by atoms with E-state index in [1.165, 1.54) is 23.8 Å². The van der Waals surface area contributed by atoms with Crippen LogP contribution in [-0.4, -0.2) is 63.9 Å². The normalized spacial score (nSPS) is 15.4. The second kappa shape index (κ2) is 11.4. The summed E-state index contributed by atoms with van der Waals surface area (Å²) < 4.78 is 18.6. The molecule has 0 bridgehead atoms. The van der Waals surface area contributed by atoms with Crippen LogP contribution in [0.5, 0.6) is 0 Å². The van der Waals surface area contributed by atoms with Crippen LogP contribution in [0, 0.1) is 5.82 Å². The summed E-state index contributed by atoms with van der Waals surface area (Å²) in [5.74, 6) is -0.0660. The molecule has 2 aromatic carbocycles. The number of nitrogens with one attached hydrogen (secondary N) is 2. The first-order valence-electron chi connectivity index (χ1n) is 11.1. The average molecular weight is 532 g/mol. The van der Waals surface area contributed by atoms with Crippen molar-refractivity contribution in [1.82, 2.24) is 20.1 Å². The van der Waals surface area contributed by atoms with Gasteiger partial charge in [-0.05, 0) is 62.1 Å². The third kappa shape index (κ3) is 6.10. The monoisotopic (exact) mass is 531 g/mol. The van der Waals surface area contributed by atoms with Crippen LogP contribution in [0.25, 0.3) is 0 Å². The molecule has 0 atom stereocenters. The molecule has 1 aliphatic heterocycles. The number of hydrogen-bond donors (Lipinski definition) is 3. The second-order valence-electron chi connectivity index (χ2n) is 8.04. The summed E-state index contributed by atoms with van der Waals surface area (Å²) in [4.78, 5) is 4.95. The lowest BCUT2D eigenvalue weighted by Crippen LogP contribution is -2.45. The van der Waals surface area contributed by atoms with Crippen molar-refractivity contribution >= 4 is 33.3 Å². The highest BCUT2D eigenvalue weighted by molar-refractivity contribution is 9.10. The van der Waals surface area contributed by atoms with Gasteiger partial charge in [0.2, 0.25) is 11.7 Å². The number of anilines is 2. The molecule has 3 N–H and O–H groups in total. The lowest BCUT2D eigenvalue weighted by Gasteiger charge is -2.34. The molecule has 0 amide bonds. The Morgan fingerprint density at radius 2 is 1.79 bits per heavy atom.